The highest BCUT2D eigenvalue weighted by molar-refractivity contribution is 7.88. The average Bonchev–Trinajstić information content (AvgIpc) is 1.47. The second-order valence-electron chi connectivity index (χ2n) is 31.1. The van der Waals surface area contributed by atoms with Crippen molar-refractivity contribution < 1.29 is 92.1 Å². The van der Waals surface area contributed by atoms with Crippen molar-refractivity contribution in [1.82, 2.24) is 38.2 Å². The predicted octanol–water partition coefficient (Wildman–Crippen LogP) is 14.7. The molecule has 4 unspecified atom stereocenters. The topological polar surface area (TPSA) is 392 Å². The zero-order valence-corrected chi connectivity index (χ0v) is 74.6. The Balaban J connectivity index is 0.000000185. The van der Waals surface area contributed by atoms with Crippen LogP contribution in [0.3, 0.4) is 0 Å². The SMILES string of the molecule is C.CCOC(=O)C1CC(=O)c2c(ncn2-c2ccc(C#N)c(Cl)c2)C1.CCOC(=O)C1Cc2ncn(-c3ccc(C#N)c(Cl)c3)c2C2(C1)OCCO2.C[Si](C)(C)OCCO[Si](C)(C)C.C[Si](C)(C)OS(=O)(=O)C(F)(F)F.N#Cc1ccc(-n2cnc3c2C(=O)CC(CO)C3)cc1Cl.N#Cc1ccc(-n2cnc3c2C2(CC(CO)C3)OCCO2)cc1Cl. The van der Waals surface area contributed by atoms with Gasteiger partial charge in [0, 0.05) is 74.5 Å². The lowest BCUT2D eigenvalue weighted by molar-refractivity contribution is -0.195. The van der Waals surface area contributed by atoms with Crippen molar-refractivity contribution >= 4 is 105 Å². The van der Waals surface area contributed by atoms with Crippen LogP contribution in [0, 0.1) is 69.0 Å². The van der Waals surface area contributed by atoms with Crippen LogP contribution in [0.15, 0.2) is 98.1 Å². The van der Waals surface area contributed by atoms with Gasteiger partial charge in [0.2, 0.25) is 19.9 Å². The molecular weight excluding hydrogens is 1730 g/mol. The number of ether oxygens (including phenoxy) is 6. The van der Waals surface area contributed by atoms with E-state index in [1.807, 2.05) is 27.3 Å². The van der Waals surface area contributed by atoms with Crippen LogP contribution in [-0.4, -0.2) is 177 Å². The fourth-order valence-electron chi connectivity index (χ4n) is 13.8. The van der Waals surface area contributed by atoms with Crippen LogP contribution in [0.25, 0.3) is 22.7 Å². The Hall–Kier alpha value is -8.85. The lowest BCUT2D eigenvalue weighted by atomic mass is 9.85. The molecule has 4 atom stereocenters. The van der Waals surface area contributed by atoms with E-state index in [0.29, 0.717) is 154 Å². The zero-order valence-electron chi connectivity index (χ0n) is 67.7. The van der Waals surface area contributed by atoms with E-state index in [1.54, 1.807) is 109 Å². The zero-order chi connectivity index (χ0) is 88.0. The molecule has 4 aromatic carbocycles. The van der Waals surface area contributed by atoms with Crippen LogP contribution < -0.4 is 0 Å². The summed E-state index contributed by atoms with van der Waals surface area (Å²) in [7, 11) is -10.7. The van der Waals surface area contributed by atoms with E-state index in [4.69, 9.17) is 105 Å². The molecule has 2 spiro atoms. The molecule has 6 aliphatic rings. The number of aliphatic hydroxyl groups is 2. The van der Waals surface area contributed by atoms with Crippen LogP contribution in [-0.2, 0) is 98.1 Å². The number of rotatable bonds is 17. The first-order valence-electron chi connectivity index (χ1n) is 38.1. The first-order chi connectivity index (χ1) is 56.6. The highest BCUT2D eigenvalue weighted by atomic mass is 35.5. The van der Waals surface area contributed by atoms with Gasteiger partial charge in [-0.2, -0.15) is 42.6 Å². The predicted molar refractivity (Wildman–Crippen MR) is 448 cm³/mol. The van der Waals surface area contributed by atoms with E-state index in [1.165, 1.54) is 26.0 Å². The van der Waals surface area contributed by atoms with Gasteiger partial charge in [-0.15, -0.1) is 0 Å². The molecule has 0 saturated carbocycles. The molecule has 8 aromatic rings. The molecule has 2 saturated heterocycles. The molecule has 40 heteroatoms. The number of benzene rings is 4. The number of Topliss-reactive ketones (excluding diaryl/α,β-unsaturated/α-hetero) is 2. The summed E-state index contributed by atoms with van der Waals surface area (Å²) in [5, 5.41) is 56.2. The maximum Gasteiger partial charge on any atom is 0.522 e. The molecule has 0 bridgehead atoms. The van der Waals surface area contributed by atoms with E-state index in [-0.39, 0.29) is 74.9 Å². The third-order valence-electron chi connectivity index (χ3n) is 18.9. The highest BCUT2D eigenvalue weighted by Crippen LogP contribution is 2.47. The molecule has 4 aliphatic carbocycles. The molecule has 2 fully saturated rings. The van der Waals surface area contributed by atoms with Gasteiger partial charge >= 0.3 is 27.6 Å². The maximum atomic E-state index is 12.5. The quantitative estimate of drug-likeness (QED) is 0.0370. The molecule has 29 nitrogen and oxygen atoms in total. The van der Waals surface area contributed by atoms with Gasteiger partial charge in [-0.25, -0.2) is 19.9 Å². The Bertz CT molecular complexity index is 5340. The smallest absolute Gasteiger partial charge is 0.466 e. The minimum Gasteiger partial charge on any atom is -0.466 e. The number of nitrogens with zero attached hydrogens (tertiary/aromatic N) is 12. The van der Waals surface area contributed by atoms with Crippen LogP contribution in [0.2, 0.25) is 79.0 Å². The number of esters is 2. The van der Waals surface area contributed by atoms with Gasteiger partial charge in [-0.3, -0.25) is 37.4 Å². The minimum absolute atomic E-state index is 0. The number of alkyl halides is 3. The summed E-state index contributed by atoms with van der Waals surface area (Å²) in [6.07, 6.45) is 9.98. The summed E-state index contributed by atoms with van der Waals surface area (Å²) in [5.41, 5.74) is 4.66. The number of carbonyl (C=O) groups excluding carboxylic acids is 4. The number of carbonyl (C=O) groups is 4. The largest absolute Gasteiger partial charge is 0.522 e. The average molecular weight is 1820 g/mol. The fourth-order valence-corrected chi connectivity index (χ4v) is 19.0. The summed E-state index contributed by atoms with van der Waals surface area (Å²) in [4.78, 5) is 66.5. The van der Waals surface area contributed by atoms with E-state index < -0.39 is 58.1 Å². The molecule has 6 heterocycles. The Morgan fingerprint density at radius 1 is 0.504 bits per heavy atom. The Morgan fingerprint density at radius 2 is 0.835 bits per heavy atom. The highest BCUT2D eigenvalue weighted by Gasteiger charge is 2.53. The van der Waals surface area contributed by atoms with Crippen molar-refractivity contribution in [3.8, 4) is 47.0 Å². The van der Waals surface area contributed by atoms with Gasteiger partial charge in [0.15, 0.2) is 28.2 Å². The van der Waals surface area contributed by atoms with Gasteiger partial charge in [-0.1, -0.05) is 53.8 Å². The van der Waals surface area contributed by atoms with Crippen LogP contribution in [0.1, 0.15) is 124 Å². The molecule has 4 aromatic heterocycles. The van der Waals surface area contributed by atoms with Gasteiger partial charge in [0.25, 0.3) is 0 Å². The number of aromatic nitrogens is 8. The molecule has 648 valence electrons. The maximum absolute atomic E-state index is 12.5. The number of aliphatic hydroxyl groups excluding tert-OH is 2. The molecule has 14 rings (SSSR count). The number of imidazole rings is 4. The summed E-state index contributed by atoms with van der Waals surface area (Å²) in [6.45, 7) is 24.9. The number of fused-ring (bicyclic) bond motifs is 6. The third-order valence-corrected chi connectivity index (χ3v) is 25.7. The number of hydrogen-bond acceptors (Lipinski definition) is 25. The Kier molecular flexibility index (Phi) is 33.5. The summed E-state index contributed by atoms with van der Waals surface area (Å²) < 4.78 is 112. The van der Waals surface area contributed by atoms with E-state index >= 15 is 0 Å². The molecule has 0 radical (unpaired) electrons. The summed E-state index contributed by atoms with van der Waals surface area (Å²) in [5.74, 6) is -3.60. The molecule has 121 heavy (non-hydrogen) atoms. The van der Waals surface area contributed by atoms with Gasteiger partial charge in [0.1, 0.15) is 59.7 Å². The lowest BCUT2D eigenvalue weighted by Gasteiger charge is -2.36. The van der Waals surface area contributed by atoms with E-state index in [0.717, 1.165) is 47.4 Å². The van der Waals surface area contributed by atoms with Gasteiger partial charge < -0.3 is 51.4 Å². The van der Waals surface area contributed by atoms with Gasteiger partial charge in [0.05, 0.1) is 142 Å². The van der Waals surface area contributed by atoms with Crippen molar-refractivity contribution in [2.75, 3.05) is 66.1 Å². The van der Waals surface area contributed by atoms with Crippen molar-refractivity contribution in [3.05, 3.63) is 186 Å². The number of hydrogen-bond donors (Lipinski definition) is 2. The number of halogens is 7. The molecule has 0 amide bonds. The monoisotopic (exact) mass is 1820 g/mol. The first kappa shape index (κ1) is 97.6. The standard InChI is InChI=1S/C19H18ClN3O4.C17H16ClN3O3.C17H14ClN3O3.C15H12ClN3O2.C8H22O2Si2.C4H9F3O3SSi.CH4/c1-2-25-18(24)13-7-16-17(19(9-13)26-5-6-27-19)23(11-22-16)14-4-3-12(10-21)15(20)8-14;18-14-6-13(2-1-12(14)8-19)21-10-20-15-5-11(9-22)7-17(16(15)21)23-3-4-24-17;1-2-24-17(23)11-5-14-16(15(22)6-11)21(9-20-14)12-4-3-10(8-19)13(18)7-12;16-12-5-11(2-1-10(12)6-17)19-8-18-13-3-9(7-20)4-14(21)15(13)19;1-11(2,3)9-7-8-10-12(4,5)6;1-12(2,3)10-11(8,9)4(5,6)7;/h3-4,8,11,13H,2,5-7,9H2,1H3;1-2,6,10-11,22H,3-5,7,9H2;3-4,7,9,11H,2,5-6H2,1H3;1-2,5,8-9,20H,3-4,7H2;7-8H2,1-6H3;1-3H3;1H4. The van der Waals surface area contributed by atoms with Crippen molar-refractivity contribution in [2.45, 2.75) is 149 Å². The van der Waals surface area contributed by atoms with Crippen LogP contribution in [0.4, 0.5) is 13.2 Å². The molecular formula is C81H95Cl4F3N12O17SSi3. The van der Waals surface area contributed by atoms with Gasteiger partial charge in [-0.05, 0) is 170 Å². The van der Waals surface area contributed by atoms with E-state index in [2.05, 4.69) is 75.2 Å². The third kappa shape index (κ3) is 24.4. The number of nitriles is 4. The van der Waals surface area contributed by atoms with Crippen LogP contribution in [0.5, 0.6) is 0 Å². The fraction of sp³-hybridized carbons (Fsp3) is 0.457. The van der Waals surface area contributed by atoms with Crippen molar-refractivity contribution in [2.24, 2.45) is 23.7 Å². The summed E-state index contributed by atoms with van der Waals surface area (Å²) >= 11 is 24.5. The first-order valence-corrected chi connectivity index (χ1v) is 51.3. The Morgan fingerprint density at radius 3 is 1.18 bits per heavy atom. The normalized spacial score (nSPS) is 17.9. The summed E-state index contributed by atoms with van der Waals surface area (Å²) in [6, 6.07) is 28.4. The lowest BCUT2D eigenvalue weighted by Crippen LogP contribution is -2.40. The molecule has 2 N–H and O–H groups in total. The van der Waals surface area contributed by atoms with Crippen molar-refractivity contribution in [3.63, 3.8) is 0 Å². The number of ketones is 2. The minimum atomic E-state index is -5.39. The van der Waals surface area contributed by atoms with Crippen LogP contribution >= 0.6 is 46.4 Å². The van der Waals surface area contributed by atoms with E-state index in [9.17, 15) is 51.0 Å². The second kappa shape index (κ2) is 41.6. The van der Waals surface area contributed by atoms with Crippen molar-refractivity contribution in [1.29, 1.82) is 21.0 Å². The second-order valence-corrected chi connectivity index (χ2v) is 48.1. The molecule has 2 aliphatic heterocycles. The Labute approximate surface area is 723 Å².